The number of nitrogens with one attached hydrogen (secondary N) is 1. The number of hydrogen-bond acceptors (Lipinski definition) is 5. The lowest BCUT2D eigenvalue weighted by Gasteiger charge is -2.15. The highest BCUT2D eigenvalue weighted by atomic mass is 16.6. The van der Waals surface area contributed by atoms with Crippen LogP contribution in [0.4, 0.5) is 17.1 Å². The molecule has 8 nitrogen and oxygen atoms in total. The predicted octanol–water partition coefficient (Wildman–Crippen LogP) is 2.76. The van der Waals surface area contributed by atoms with Crippen molar-refractivity contribution >= 4 is 28.9 Å². The number of hydrogen-bond donors (Lipinski definition) is 1. The first-order valence-corrected chi connectivity index (χ1v) is 7.95. The SMILES string of the molecule is COc1ccc([N+](=O)[O-])c(C(=O)Nc2ccc3c(c2)CCN3C(C)=O)c1. The molecular weight excluding hydrogens is 338 g/mol. The lowest BCUT2D eigenvalue weighted by Crippen LogP contribution is -2.25. The number of rotatable bonds is 4. The Labute approximate surface area is 149 Å². The van der Waals surface area contributed by atoms with Gasteiger partial charge in [0.15, 0.2) is 0 Å². The van der Waals surface area contributed by atoms with Gasteiger partial charge in [-0.3, -0.25) is 19.7 Å². The molecule has 0 aliphatic carbocycles. The average Bonchev–Trinajstić information content (AvgIpc) is 3.04. The van der Waals surface area contributed by atoms with Gasteiger partial charge in [-0.2, -0.15) is 0 Å². The van der Waals surface area contributed by atoms with Crippen molar-refractivity contribution < 1.29 is 19.2 Å². The minimum Gasteiger partial charge on any atom is -0.497 e. The fraction of sp³-hybridized carbons (Fsp3) is 0.222. The molecule has 2 aromatic rings. The Morgan fingerprint density at radius 2 is 2.00 bits per heavy atom. The van der Waals surface area contributed by atoms with Crippen molar-refractivity contribution in [2.24, 2.45) is 0 Å². The molecule has 0 atom stereocenters. The third kappa shape index (κ3) is 3.21. The molecule has 0 aromatic heterocycles. The maximum atomic E-state index is 12.5. The Bertz CT molecular complexity index is 910. The van der Waals surface area contributed by atoms with E-state index in [1.807, 2.05) is 0 Å². The zero-order chi connectivity index (χ0) is 18.8. The van der Waals surface area contributed by atoms with E-state index < -0.39 is 10.8 Å². The second-order valence-corrected chi connectivity index (χ2v) is 5.86. The topological polar surface area (TPSA) is 102 Å². The summed E-state index contributed by atoms with van der Waals surface area (Å²) < 4.78 is 5.04. The van der Waals surface area contributed by atoms with Crippen LogP contribution in [0.5, 0.6) is 5.75 Å². The van der Waals surface area contributed by atoms with E-state index in [4.69, 9.17) is 4.74 Å². The summed E-state index contributed by atoms with van der Waals surface area (Å²) in [6.45, 7) is 2.11. The first kappa shape index (κ1) is 17.4. The van der Waals surface area contributed by atoms with Crippen LogP contribution in [0, 0.1) is 10.1 Å². The summed E-state index contributed by atoms with van der Waals surface area (Å²) in [6, 6.07) is 9.21. The van der Waals surface area contributed by atoms with Crippen LogP contribution in [-0.2, 0) is 11.2 Å². The Morgan fingerprint density at radius 1 is 1.23 bits per heavy atom. The average molecular weight is 355 g/mol. The summed E-state index contributed by atoms with van der Waals surface area (Å²) >= 11 is 0. The van der Waals surface area contributed by atoms with E-state index in [1.54, 1.807) is 23.1 Å². The molecule has 2 amide bonds. The number of nitrogens with zero attached hydrogens (tertiary/aromatic N) is 2. The largest absolute Gasteiger partial charge is 0.497 e. The summed E-state index contributed by atoms with van der Waals surface area (Å²) in [6.07, 6.45) is 0.692. The third-order valence-corrected chi connectivity index (χ3v) is 4.26. The smallest absolute Gasteiger partial charge is 0.282 e. The first-order valence-electron chi connectivity index (χ1n) is 7.95. The first-order chi connectivity index (χ1) is 12.4. The van der Waals surface area contributed by atoms with E-state index >= 15 is 0 Å². The van der Waals surface area contributed by atoms with Crippen LogP contribution in [0.15, 0.2) is 36.4 Å². The van der Waals surface area contributed by atoms with Crippen LogP contribution in [0.3, 0.4) is 0 Å². The number of fused-ring (bicyclic) bond motifs is 1. The molecule has 0 bridgehead atoms. The molecule has 0 radical (unpaired) electrons. The van der Waals surface area contributed by atoms with Crippen molar-refractivity contribution in [1.29, 1.82) is 0 Å². The van der Waals surface area contributed by atoms with Crippen LogP contribution in [-0.4, -0.2) is 30.4 Å². The summed E-state index contributed by atoms with van der Waals surface area (Å²) in [5, 5.41) is 13.9. The highest BCUT2D eigenvalue weighted by Gasteiger charge is 2.24. The quantitative estimate of drug-likeness (QED) is 0.671. The van der Waals surface area contributed by atoms with Crippen LogP contribution in [0.1, 0.15) is 22.8 Å². The monoisotopic (exact) mass is 355 g/mol. The van der Waals surface area contributed by atoms with Gasteiger partial charge in [0.2, 0.25) is 5.91 Å². The van der Waals surface area contributed by atoms with Crippen molar-refractivity contribution in [2.45, 2.75) is 13.3 Å². The molecule has 0 spiro atoms. The zero-order valence-electron chi connectivity index (χ0n) is 14.3. The van der Waals surface area contributed by atoms with E-state index in [2.05, 4.69) is 5.32 Å². The maximum absolute atomic E-state index is 12.5. The number of amides is 2. The van der Waals surface area contributed by atoms with Gasteiger partial charge >= 0.3 is 0 Å². The molecule has 8 heteroatoms. The van der Waals surface area contributed by atoms with Crippen LogP contribution < -0.4 is 15.0 Å². The molecule has 1 N–H and O–H groups in total. The second-order valence-electron chi connectivity index (χ2n) is 5.86. The van der Waals surface area contributed by atoms with Gasteiger partial charge in [-0.15, -0.1) is 0 Å². The number of anilines is 2. The molecule has 3 rings (SSSR count). The predicted molar refractivity (Wildman–Crippen MR) is 95.8 cm³/mol. The molecule has 134 valence electrons. The van der Waals surface area contributed by atoms with Gasteiger partial charge in [0.1, 0.15) is 11.3 Å². The van der Waals surface area contributed by atoms with Gasteiger partial charge in [-0.1, -0.05) is 0 Å². The van der Waals surface area contributed by atoms with Crippen molar-refractivity contribution in [2.75, 3.05) is 23.9 Å². The number of ether oxygens (including phenoxy) is 1. The van der Waals surface area contributed by atoms with Crippen molar-refractivity contribution in [3.63, 3.8) is 0 Å². The molecule has 0 fully saturated rings. The number of methoxy groups -OCH3 is 1. The molecular formula is C18H17N3O5. The Hall–Kier alpha value is -3.42. The van der Waals surface area contributed by atoms with Gasteiger partial charge < -0.3 is 15.0 Å². The molecule has 0 saturated carbocycles. The Morgan fingerprint density at radius 3 is 2.65 bits per heavy atom. The summed E-state index contributed by atoms with van der Waals surface area (Å²) in [5.74, 6) is -0.281. The minimum atomic E-state index is -0.609. The second kappa shape index (κ2) is 6.83. The molecule has 2 aromatic carbocycles. The lowest BCUT2D eigenvalue weighted by molar-refractivity contribution is -0.385. The van der Waals surface area contributed by atoms with E-state index in [0.29, 0.717) is 24.4 Å². The molecule has 26 heavy (non-hydrogen) atoms. The van der Waals surface area contributed by atoms with Gasteiger partial charge in [0.25, 0.3) is 11.6 Å². The zero-order valence-corrected chi connectivity index (χ0v) is 14.3. The standard InChI is InChI=1S/C18H17N3O5/c1-11(22)20-8-7-12-9-13(3-5-16(12)20)19-18(23)15-10-14(26-2)4-6-17(15)21(24)25/h3-6,9-10H,7-8H2,1-2H3,(H,19,23). The van der Waals surface area contributed by atoms with Crippen LogP contribution in [0.25, 0.3) is 0 Å². The van der Waals surface area contributed by atoms with Crippen LogP contribution in [0.2, 0.25) is 0 Å². The Balaban J connectivity index is 1.87. The molecule has 0 unspecified atom stereocenters. The van der Waals surface area contributed by atoms with Crippen LogP contribution >= 0.6 is 0 Å². The van der Waals surface area contributed by atoms with E-state index in [0.717, 1.165) is 11.3 Å². The number of carbonyl (C=O) groups excluding carboxylic acids is 2. The van der Waals surface area contributed by atoms with Crippen molar-refractivity contribution in [1.82, 2.24) is 0 Å². The van der Waals surface area contributed by atoms with Gasteiger partial charge in [-0.05, 0) is 42.3 Å². The third-order valence-electron chi connectivity index (χ3n) is 4.26. The summed E-state index contributed by atoms with van der Waals surface area (Å²) in [7, 11) is 1.42. The van der Waals surface area contributed by atoms with Gasteiger partial charge in [0, 0.05) is 30.9 Å². The number of benzene rings is 2. The highest BCUT2D eigenvalue weighted by Crippen LogP contribution is 2.31. The normalized spacial score (nSPS) is 12.5. The molecule has 1 aliphatic rings. The van der Waals surface area contributed by atoms with Crippen molar-refractivity contribution in [3.8, 4) is 5.75 Å². The van der Waals surface area contributed by atoms with Gasteiger partial charge in [-0.25, -0.2) is 0 Å². The molecule has 1 heterocycles. The fourth-order valence-corrected chi connectivity index (χ4v) is 2.99. The minimum absolute atomic E-state index is 0.0347. The molecule has 0 saturated heterocycles. The van der Waals surface area contributed by atoms with E-state index in [-0.39, 0.29) is 17.2 Å². The lowest BCUT2D eigenvalue weighted by atomic mass is 10.1. The van der Waals surface area contributed by atoms with E-state index in [1.165, 1.54) is 32.2 Å². The maximum Gasteiger partial charge on any atom is 0.282 e. The fourth-order valence-electron chi connectivity index (χ4n) is 2.99. The Kier molecular flexibility index (Phi) is 4.57. The van der Waals surface area contributed by atoms with Crippen molar-refractivity contribution in [3.05, 3.63) is 57.6 Å². The number of nitro benzene ring substituents is 1. The number of carbonyl (C=O) groups is 2. The summed E-state index contributed by atoms with van der Waals surface area (Å²) in [5.41, 5.74) is 1.89. The van der Waals surface area contributed by atoms with E-state index in [9.17, 15) is 19.7 Å². The number of nitro groups is 1. The van der Waals surface area contributed by atoms with Gasteiger partial charge in [0.05, 0.1) is 12.0 Å². The highest BCUT2D eigenvalue weighted by molar-refractivity contribution is 6.07. The molecule has 1 aliphatic heterocycles. The summed E-state index contributed by atoms with van der Waals surface area (Å²) in [4.78, 5) is 36.4.